The lowest BCUT2D eigenvalue weighted by atomic mass is 9.33. The summed E-state index contributed by atoms with van der Waals surface area (Å²) in [6.45, 7) is 18.1. The molecule has 0 atom stereocenters. The lowest BCUT2D eigenvalue weighted by Gasteiger charge is -2.45. The summed E-state index contributed by atoms with van der Waals surface area (Å²) in [6.07, 6.45) is -2.01. The molecule has 0 saturated heterocycles. The molecule has 2 aliphatic heterocycles. The molecule has 13 aromatic carbocycles. The van der Waals surface area contributed by atoms with Crippen molar-refractivity contribution in [3.05, 3.63) is 308 Å². The van der Waals surface area contributed by atoms with E-state index in [9.17, 15) is 11.0 Å². The molecule has 0 unspecified atom stereocenters. The SMILES string of the molecule is [2H]c1c([2H])c([2H])c2c(c1[2H])c1cc(C(C)(C)C)ccc1n2-c1ccc2c(c1)N(c1cc(-c3ccccc3)ccc1-c1ccccc1)c1cc(C([2H])([2H])C(C)(C)C)cc3c1B2c1ccc(-n2c4ccc(C(C)(C)C)cc4c4c([2H])c([2H])c([2H])c([2H])c42)cc1N3c1cc(-c2ccccc2)ccc1-c1ccccc1. The molecular weight excluding hydrogens is 1160 g/mol. The quantitative estimate of drug-likeness (QED) is 0.134. The third-order valence-electron chi connectivity index (χ3n) is 19.5. The van der Waals surface area contributed by atoms with Gasteiger partial charge in [0.05, 0.1) is 44.4 Å². The maximum absolute atomic E-state index is 10.7. The molecule has 0 amide bonds. The van der Waals surface area contributed by atoms with Gasteiger partial charge in [-0.25, -0.2) is 0 Å². The predicted molar refractivity (Wildman–Crippen MR) is 411 cm³/mol. The van der Waals surface area contributed by atoms with Crippen LogP contribution in [0.1, 0.15) is 92.7 Å². The first-order chi connectivity index (χ1) is 50.6. The van der Waals surface area contributed by atoms with E-state index in [4.69, 9.17) is 2.74 Å². The second kappa shape index (κ2) is 22.4. The molecule has 464 valence electrons. The summed E-state index contributed by atoms with van der Waals surface area (Å²) < 4.78 is 101. The lowest BCUT2D eigenvalue weighted by Crippen LogP contribution is -2.61. The highest BCUT2D eigenvalue weighted by molar-refractivity contribution is 7.00. The van der Waals surface area contributed by atoms with Gasteiger partial charge in [0.25, 0.3) is 6.71 Å². The normalized spacial score (nSPS) is 14.7. The summed E-state index contributed by atoms with van der Waals surface area (Å²) in [4.78, 5) is 4.67. The molecule has 0 bridgehead atoms. The van der Waals surface area contributed by atoms with E-state index in [0.29, 0.717) is 60.5 Å². The van der Waals surface area contributed by atoms with Crippen LogP contribution in [0.3, 0.4) is 0 Å². The summed E-state index contributed by atoms with van der Waals surface area (Å²) in [7, 11) is 0. The second-order valence-corrected chi connectivity index (χ2v) is 28.9. The van der Waals surface area contributed by atoms with E-state index in [-0.39, 0.29) is 59.2 Å². The van der Waals surface area contributed by atoms with E-state index in [2.05, 4.69) is 209 Å². The molecule has 0 radical (unpaired) electrons. The van der Waals surface area contributed by atoms with Crippen molar-refractivity contribution < 1.29 is 13.7 Å². The number of fused-ring (bicyclic) bond motifs is 10. The summed E-state index contributed by atoms with van der Waals surface area (Å²) in [5.74, 6) is 0. The van der Waals surface area contributed by atoms with Gasteiger partial charge >= 0.3 is 0 Å². The van der Waals surface area contributed by atoms with Crippen LogP contribution in [0.15, 0.2) is 291 Å². The van der Waals surface area contributed by atoms with Crippen LogP contribution >= 0.6 is 0 Å². The number of hydrogen-bond acceptors (Lipinski definition) is 2. The van der Waals surface area contributed by atoms with Crippen molar-refractivity contribution in [1.82, 2.24) is 9.13 Å². The topological polar surface area (TPSA) is 16.3 Å². The van der Waals surface area contributed by atoms with E-state index in [1.54, 1.807) is 0 Å². The largest absolute Gasteiger partial charge is 0.311 e. The zero-order valence-electron chi connectivity index (χ0n) is 65.5. The van der Waals surface area contributed by atoms with Gasteiger partial charge in [0.15, 0.2) is 0 Å². The molecule has 0 spiro atoms. The number of anilines is 6. The minimum atomic E-state index is -2.01. The summed E-state index contributed by atoms with van der Waals surface area (Å²) in [5, 5.41) is 2.24. The maximum atomic E-state index is 10.7. The molecule has 17 rings (SSSR count). The first-order valence-electron chi connectivity index (χ1n) is 38.3. The average molecular weight is 1250 g/mol. The fourth-order valence-electron chi connectivity index (χ4n) is 15.0. The third kappa shape index (κ3) is 9.89. The van der Waals surface area contributed by atoms with Gasteiger partial charge in [0.1, 0.15) is 0 Å². The van der Waals surface area contributed by atoms with E-state index in [0.717, 1.165) is 106 Å². The van der Waals surface area contributed by atoms with E-state index in [1.165, 1.54) is 0 Å². The molecule has 4 heterocycles. The molecule has 96 heavy (non-hydrogen) atoms. The summed E-state index contributed by atoms with van der Waals surface area (Å²) >= 11 is 0. The first kappa shape index (κ1) is 48.8. The Morgan fingerprint density at radius 1 is 0.333 bits per heavy atom. The zero-order chi connectivity index (χ0) is 74.1. The van der Waals surface area contributed by atoms with Gasteiger partial charge in [-0.1, -0.05) is 268 Å². The van der Waals surface area contributed by atoms with Gasteiger partial charge in [0.2, 0.25) is 0 Å². The van der Waals surface area contributed by atoms with Gasteiger partial charge < -0.3 is 18.9 Å². The molecule has 0 aliphatic carbocycles. The third-order valence-corrected chi connectivity index (χ3v) is 19.5. The minimum absolute atomic E-state index is 0.124. The van der Waals surface area contributed by atoms with Crippen LogP contribution in [0.5, 0.6) is 0 Å². The van der Waals surface area contributed by atoms with Crippen molar-refractivity contribution in [3.63, 3.8) is 0 Å². The summed E-state index contributed by atoms with van der Waals surface area (Å²) in [5.41, 5.74) is 19.2. The average Bonchev–Trinajstić information content (AvgIpc) is 1.50. The number of benzene rings is 13. The van der Waals surface area contributed by atoms with Gasteiger partial charge in [-0.3, -0.25) is 0 Å². The number of aromatic nitrogens is 2. The van der Waals surface area contributed by atoms with Crippen molar-refractivity contribution >= 4 is 101 Å². The number of hydrogen-bond donors (Lipinski definition) is 0. The Balaban J connectivity index is 1.06. The van der Waals surface area contributed by atoms with Crippen LogP contribution in [-0.2, 0) is 17.2 Å². The predicted octanol–water partition coefficient (Wildman–Crippen LogP) is 22.8. The van der Waals surface area contributed by atoms with Crippen molar-refractivity contribution in [2.45, 2.75) is 79.5 Å². The smallest absolute Gasteiger partial charge is 0.252 e. The highest BCUT2D eigenvalue weighted by Gasteiger charge is 2.45. The molecule has 2 aliphatic rings. The van der Waals surface area contributed by atoms with Crippen LogP contribution in [0.25, 0.3) is 99.5 Å². The highest BCUT2D eigenvalue weighted by Crippen LogP contribution is 2.52. The van der Waals surface area contributed by atoms with Gasteiger partial charge in [-0.15, -0.1) is 0 Å². The minimum Gasteiger partial charge on any atom is -0.311 e. The van der Waals surface area contributed by atoms with Crippen LogP contribution in [-0.4, -0.2) is 15.8 Å². The van der Waals surface area contributed by atoms with E-state index >= 15 is 0 Å². The Bertz CT molecular complexity index is 5810. The molecule has 4 nitrogen and oxygen atoms in total. The Hall–Kier alpha value is -10.9. The Morgan fingerprint density at radius 3 is 1.12 bits per heavy atom. The van der Waals surface area contributed by atoms with Gasteiger partial charge in [-0.2, -0.15) is 0 Å². The van der Waals surface area contributed by atoms with E-state index < -0.39 is 18.5 Å². The van der Waals surface area contributed by atoms with Crippen LogP contribution in [0.4, 0.5) is 34.1 Å². The molecule has 0 saturated carbocycles. The van der Waals surface area contributed by atoms with Crippen LogP contribution in [0, 0.1) is 5.41 Å². The number of nitrogens with zero attached hydrogens (tertiary/aromatic N) is 4. The Labute approximate surface area is 579 Å². The van der Waals surface area contributed by atoms with Crippen LogP contribution in [0.2, 0.25) is 0 Å². The van der Waals surface area contributed by atoms with E-state index in [1.807, 2.05) is 115 Å². The lowest BCUT2D eigenvalue weighted by molar-refractivity contribution is 0.411. The monoisotopic (exact) mass is 1250 g/mol. The molecular formula is C91H77BN4. The fourth-order valence-corrected chi connectivity index (χ4v) is 15.0. The molecule has 5 heteroatoms. The van der Waals surface area contributed by atoms with Crippen LogP contribution < -0.4 is 26.2 Å². The summed E-state index contributed by atoms with van der Waals surface area (Å²) in [6, 6.07) is 82.2. The van der Waals surface area contributed by atoms with Crippen molar-refractivity contribution in [2.24, 2.45) is 5.41 Å². The standard InChI is InChI=1S/C91H77BN4/c1-89(2,3)58-59-50-86-88-87(51-59)96(83-53-65(61-28-16-11-17-29-61)39-45-71(83)63-32-20-13-21-33-63)85-57-69(94-79-37-25-23-35-73(79)75-55-67(91(7,8)9)41-49-81(75)94)43-47-77(85)92(88)76-46-42-68(93-78-36-24-22-34-72(78)74-54-66(90(4,5)6)40-48-80(74)93)56-84(76)95(86)82-52-64(60-26-14-10-15-27-60)38-44-70(82)62-30-18-12-19-31-62/h10-57H,58H2,1-9H3/i22D,23D,24D,25D,34D,35D,36D,37D,58D2. The Morgan fingerprint density at radius 2 is 0.729 bits per heavy atom. The number of rotatable bonds is 9. The van der Waals surface area contributed by atoms with Gasteiger partial charge in [-0.05, 0) is 174 Å². The van der Waals surface area contributed by atoms with Crippen molar-refractivity contribution in [2.75, 3.05) is 9.80 Å². The first-order valence-corrected chi connectivity index (χ1v) is 33.3. The Kier molecular flexibility index (Phi) is 11.4. The molecule has 0 N–H and O–H groups in total. The molecule has 15 aromatic rings. The number of para-hydroxylation sites is 2. The second-order valence-electron chi connectivity index (χ2n) is 28.9. The van der Waals surface area contributed by atoms with Crippen molar-refractivity contribution in [1.29, 1.82) is 0 Å². The fraction of sp³-hybridized carbons (Fsp3) is 0.143. The zero-order valence-corrected chi connectivity index (χ0v) is 55.5. The molecule has 0 fully saturated rings. The van der Waals surface area contributed by atoms with Crippen molar-refractivity contribution in [3.8, 4) is 55.9 Å². The molecule has 2 aromatic heterocycles. The highest BCUT2D eigenvalue weighted by atomic mass is 15.2. The van der Waals surface area contributed by atoms with Gasteiger partial charge in [0, 0.05) is 69.5 Å². The maximum Gasteiger partial charge on any atom is 0.252 e.